The van der Waals surface area contributed by atoms with Gasteiger partial charge in [-0.2, -0.15) is 5.10 Å². The summed E-state index contributed by atoms with van der Waals surface area (Å²) in [6.07, 6.45) is 0.772. The van der Waals surface area contributed by atoms with Crippen LogP contribution in [0.25, 0.3) is 5.69 Å². The molecule has 2 aromatic rings. The van der Waals surface area contributed by atoms with Gasteiger partial charge < -0.3 is 5.11 Å². The van der Waals surface area contributed by atoms with E-state index in [1.54, 1.807) is 23.7 Å². The van der Waals surface area contributed by atoms with E-state index in [9.17, 15) is 15.2 Å². The topological polar surface area (TPSA) is 81.2 Å². The highest BCUT2D eigenvalue weighted by atomic mass is 16.6. The number of aromatic nitrogens is 2. The normalized spacial score (nSPS) is 12.4. The van der Waals surface area contributed by atoms with Crippen LogP contribution in [0.3, 0.4) is 0 Å². The molecule has 1 aromatic carbocycles. The minimum atomic E-state index is -0.743. The van der Waals surface area contributed by atoms with Gasteiger partial charge in [0.05, 0.1) is 16.7 Å². The van der Waals surface area contributed by atoms with Gasteiger partial charge in [0, 0.05) is 11.8 Å². The first-order valence-corrected chi connectivity index (χ1v) is 7.02. The van der Waals surface area contributed by atoms with Crippen LogP contribution in [0.15, 0.2) is 24.3 Å². The van der Waals surface area contributed by atoms with Crippen LogP contribution >= 0.6 is 0 Å². The molecule has 0 spiro atoms. The molecule has 0 amide bonds. The molecule has 0 unspecified atom stereocenters. The molecule has 0 aliphatic heterocycles. The van der Waals surface area contributed by atoms with E-state index in [1.807, 2.05) is 19.9 Å². The molecule has 112 valence electrons. The number of hydrogen-bond acceptors (Lipinski definition) is 4. The molecular weight excluding hydrogens is 270 g/mol. The largest absolute Gasteiger partial charge is 0.389 e. The second kappa shape index (κ2) is 6.05. The van der Waals surface area contributed by atoms with Crippen molar-refractivity contribution in [2.75, 3.05) is 0 Å². The number of nitro groups is 1. The lowest BCUT2D eigenvalue weighted by atomic mass is 10.1. The molecule has 1 N–H and O–H groups in total. The smallest absolute Gasteiger partial charge is 0.295 e. The molecule has 6 heteroatoms. The van der Waals surface area contributed by atoms with Gasteiger partial charge in [-0.1, -0.05) is 19.9 Å². The van der Waals surface area contributed by atoms with E-state index < -0.39 is 11.0 Å². The van der Waals surface area contributed by atoms with Crippen molar-refractivity contribution in [2.45, 2.75) is 39.7 Å². The maximum absolute atomic E-state index is 11.3. The molecule has 21 heavy (non-hydrogen) atoms. The van der Waals surface area contributed by atoms with Gasteiger partial charge in [-0.05, 0) is 37.5 Å². The van der Waals surface area contributed by atoms with Gasteiger partial charge in [-0.25, -0.2) is 4.68 Å². The van der Waals surface area contributed by atoms with Crippen LogP contribution in [-0.2, 0) is 12.8 Å². The predicted octanol–water partition coefficient (Wildman–Crippen LogP) is 2.96. The Labute approximate surface area is 123 Å². The van der Waals surface area contributed by atoms with Gasteiger partial charge in [0.15, 0.2) is 0 Å². The van der Waals surface area contributed by atoms with E-state index in [4.69, 9.17) is 0 Å². The van der Waals surface area contributed by atoms with E-state index in [-0.39, 0.29) is 5.69 Å². The van der Waals surface area contributed by atoms with Gasteiger partial charge in [-0.15, -0.1) is 0 Å². The maximum atomic E-state index is 11.3. The van der Waals surface area contributed by atoms with Crippen molar-refractivity contribution < 1.29 is 10.0 Å². The lowest BCUT2D eigenvalue weighted by molar-refractivity contribution is -0.384. The number of aliphatic hydroxyl groups is 1. The fourth-order valence-corrected chi connectivity index (χ4v) is 2.23. The average Bonchev–Trinajstić information content (AvgIpc) is 2.89. The van der Waals surface area contributed by atoms with Crippen LogP contribution < -0.4 is 0 Å². The van der Waals surface area contributed by atoms with Crippen LogP contribution in [0.5, 0.6) is 0 Å². The summed E-state index contributed by atoms with van der Waals surface area (Å²) in [7, 11) is 0. The Morgan fingerprint density at radius 2 is 2.05 bits per heavy atom. The molecule has 0 fully saturated rings. The highest BCUT2D eigenvalue weighted by Gasteiger charge is 2.20. The zero-order valence-corrected chi connectivity index (χ0v) is 12.4. The third kappa shape index (κ3) is 2.95. The summed E-state index contributed by atoms with van der Waals surface area (Å²) in [6.45, 7) is 5.57. The lowest BCUT2D eigenvalue weighted by Crippen LogP contribution is -2.06. The van der Waals surface area contributed by atoms with Gasteiger partial charge >= 0.3 is 0 Å². The van der Waals surface area contributed by atoms with Crippen molar-refractivity contribution in [1.29, 1.82) is 0 Å². The van der Waals surface area contributed by atoms with Gasteiger partial charge in [-0.3, -0.25) is 10.1 Å². The van der Waals surface area contributed by atoms with Gasteiger partial charge in [0.1, 0.15) is 5.69 Å². The minimum absolute atomic E-state index is 0.0474. The SMILES string of the molecule is CCc1cc(CC)n(-c2ccc([C@@H](C)O)cc2[N+](=O)[O-])n1. The first-order valence-electron chi connectivity index (χ1n) is 7.02. The number of aliphatic hydroxyl groups excluding tert-OH is 1. The summed E-state index contributed by atoms with van der Waals surface area (Å²) in [6, 6.07) is 6.71. The van der Waals surface area contributed by atoms with Crippen molar-refractivity contribution in [1.82, 2.24) is 9.78 Å². The van der Waals surface area contributed by atoms with E-state index in [0.717, 1.165) is 24.2 Å². The van der Waals surface area contributed by atoms with Gasteiger partial charge in [0.25, 0.3) is 5.69 Å². The Morgan fingerprint density at radius 3 is 2.57 bits per heavy atom. The molecule has 1 heterocycles. The number of nitro benzene ring substituents is 1. The quantitative estimate of drug-likeness (QED) is 0.677. The summed E-state index contributed by atoms with van der Waals surface area (Å²) in [5, 5.41) is 25.4. The second-order valence-electron chi connectivity index (χ2n) is 4.93. The number of nitrogens with zero attached hydrogens (tertiary/aromatic N) is 3. The van der Waals surface area contributed by atoms with Crippen molar-refractivity contribution in [3.05, 3.63) is 51.3 Å². The van der Waals surface area contributed by atoms with Crippen molar-refractivity contribution in [2.24, 2.45) is 0 Å². The second-order valence-corrected chi connectivity index (χ2v) is 4.93. The van der Waals surface area contributed by atoms with Crippen LogP contribution in [0.2, 0.25) is 0 Å². The summed E-state index contributed by atoms with van der Waals surface area (Å²) in [5.41, 5.74) is 2.74. The standard InChI is InChI=1S/C15H19N3O3/c1-4-12-9-13(5-2)17(16-12)14-7-6-11(10(3)19)8-15(14)18(20)21/h6-10,19H,4-5H2,1-3H3/t10-/m1/s1. The molecule has 1 aromatic heterocycles. The highest BCUT2D eigenvalue weighted by molar-refractivity contribution is 5.55. The Hall–Kier alpha value is -2.21. The molecule has 2 rings (SSSR count). The number of hydrogen-bond donors (Lipinski definition) is 1. The summed E-state index contributed by atoms with van der Waals surface area (Å²) in [4.78, 5) is 10.9. The molecule has 1 atom stereocenters. The number of rotatable bonds is 5. The van der Waals surface area contributed by atoms with Crippen LogP contribution in [0, 0.1) is 10.1 Å². The molecule has 0 saturated carbocycles. The maximum Gasteiger partial charge on any atom is 0.295 e. The van der Waals surface area contributed by atoms with Crippen molar-refractivity contribution in [3.8, 4) is 5.69 Å². The molecule has 0 bridgehead atoms. The van der Waals surface area contributed by atoms with E-state index in [2.05, 4.69) is 5.10 Å². The van der Waals surface area contributed by atoms with Crippen molar-refractivity contribution >= 4 is 5.69 Å². The Balaban J connectivity index is 2.63. The lowest BCUT2D eigenvalue weighted by Gasteiger charge is -2.10. The molecule has 0 saturated heterocycles. The average molecular weight is 289 g/mol. The first kappa shape index (κ1) is 15.2. The first-order chi connectivity index (χ1) is 9.97. The fraction of sp³-hybridized carbons (Fsp3) is 0.400. The molecule has 0 aliphatic rings. The monoisotopic (exact) mass is 289 g/mol. The van der Waals surface area contributed by atoms with E-state index in [0.29, 0.717) is 11.3 Å². The summed E-state index contributed by atoms with van der Waals surface area (Å²) >= 11 is 0. The van der Waals surface area contributed by atoms with Crippen LogP contribution in [0.4, 0.5) is 5.69 Å². The van der Waals surface area contributed by atoms with Crippen LogP contribution in [-0.4, -0.2) is 19.8 Å². The molecule has 0 aliphatic carbocycles. The molecule has 0 radical (unpaired) electrons. The Morgan fingerprint density at radius 1 is 1.33 bits per heavy atom. The highest BCUT2D eigenvalue weighted by Crippen LogP contribution is 2.28. The Bertz CT molecular complexity index is 662. The number of benzene rings is 1. The van der Waals surface area contributed by atoms with E-state index >= 15 is 0 Å². The zero-order valence-electron chi connectivity index (χ0n) is 12.4. The third-order valence-electron chi connectivity index (χ3n) is 3.46. The minimum Gasteiger partial charge on any atom is -0.389 e. The predicted molar refractivity (Wildman–Crippen MR) is 79.6 cm³/mol. The zero-order chi connectivity index (χ0) is 15.6. The number of aryl methyl sites for hydroxylation is 2. The summed E-state index contributed by atoms with van der Waals surface area (Å²) in [5.74, 6) is 0. The fourth-order valence-electron chi connectivity index (χ4n) is 2.23. The summed E-state index contributed by atoms with van der Waals surface area (Å²) < 4.78 is 1.63. The third-order valence-corrected chi connectivity index (χ3v) is 3.46. The Kier molecular flexibility index (Phi) is 4.37. The van der Waals surface area contributed by atoms with Crippen LogP contribution in [0.1, 0.15) is 43.8 Å². The van der Waals surface area contributed by atoms with E-state index in [1.165, 1.54) is 6.07 Å². The molecule has 6 nitrogen and oxygen atoms in total. The molecular formula is C15H19N3O3. The van der Waals surface area contributed by atoms with Gasteiger partial charge in [0.2, 0.25) is 0 Å². The van der Waals surface area contributed by atoms with Crippen molar-refractivity contribution in [3.63, 3.8) is 0 Å².